The summed E-state index contributed by atoms with van der Waals surface area (Å²) < 4.78 is 0. The molecule has 0 aromatic rings. The molecule has 1 N–H and O–H groups in total. The van der Waals surface area contributed by atoms with Gasteiger partial charge in [-0.15, -0.1) is 0 Å². The van der Waals surface area contributed by atoms with Gasteiger partial charge in [0, 0.05) is 0 Å². The van der Waals surface area contributed by atoms with Crippen LogP contribution in [-0.2, 0) is 9.90 Å². The Morgan fingerprint density at radius 2 is 2.00 bits per heavy atom. The minimum Gasteiger partial charge on any atom is -0.270 e. The SMILES string of the molecule is [NH]C(=O)C[O]. The monoisotopic (exact) mass is 73.0 g/mol. The minimum atomic E-state index is -1.05. The van der Waals surface area contributed by atoms with Gasteiger partial charge in [-0.1, -0.05) is 0 Å². The van der Waals surface area contributed by atoms with Crippen LogP contribution in [0.5, 0.6) is 0 Å². The molecule has 1 amide bonds. The lowest BCUT2D eigenvalue weighted by Gasteiger charge is -1.67. The summed E-state index contributed by atoms with van der Waals surface area (Å²) in [4.78, 5) is 9.17. The van der Waals surface area contributed by atoms with Gasteiger partial charge < -0.3 is 0 Å². The molecule has 3 nitrogen and oxygen atoms in total. The molecule has 0 heterocycles. The molecule has 0 aliphatic carbocycles. The second-order valence-electron chi connectivity index (χ2n) is 0.568. The van der Waals surface area contributed by atoms with Gasteiger partial charge in [0.05, 0.1) is 0 Å². The van der Waals surface area contributed by atoms with Gasteiger partial charge in [-0.25, -0.2) is 5.11 Å². The normalized spacial score (nSPS) is 7.40. The van der Waals surface area contributed by atoms with Crippen LogP contribution >= 0.6 is 0 Å². The maximum Gasteiger partial charge on any atom is 0.267 e. The van der Waals surface area contributed by atoms with Crippen molar-refractivity contribution in [2.75, 3.05) is 6.61 Å². The standard InChI is InChI=1S/C2H3NO2/c3-2(5)1-4/h3H,1H2. The molecule has 5 heavy (non-hydrogen) atoms. The van der Waals surface area contributed by atoms with E-state index < -0.39 is 12.5 Å². The molecule has 0 aromatic carbocycles. The van der Waals surface area contributed by atoms with Crippen LogP contribution in [-0.4, -0.2) is 12.5 Å². The van der Waals surface area contributed by atoms with Crippen LogP contribution in [0.2, 0.25) is 0 Å². The summed E-state index contributed by atoms with van der Waals surface area (Å²) in [6.45, 7) is -0.917. The topological polar surface area (TPSA) is 60.8 Å². The second kappa shape index (κ2) is 1.72. The lowest BCUT2D eigenvalue weighted by Crippen LogP contribution is -2.00. The van der Waals surface area contributed by atoms with Crippen LogP contribution < -0.4 is 5.73 Å². The van der Waals surface area contributed by atoms with Crippen LogP contribution in [0, 0.1) is 0 Å². The predicted octanol–water partition coefficient (Wildman–Crippen LogP) is -0.774. The fraction of sp³-hybridized carbons (Fsp3) is 0.500. The van der Waals surface area contributed by atoms with Gasteiger partial charge in [0.15, 0.2) is 6.61 Å². The number of hydrogen-bond donors (Lipinski definition) is 0. The van der Waals surface area contributed by atoms with Crippen molar-refractivity contribution >= 4 is 5.91 Å². The quantitative estimate of drug-likeness (QED) is 0.402. The smallest absolute Gasteiger partial charge is 0.267 e. The van der Waals surface area contributed by atoms with Crippen LogP contribution in [0.3, 0.4) is 0 Å². The first-order chi connectivity index (χ1) is 2.27. The average Bonchev–Trinajstić information content (AvgIpc) is 1.38. The van der Waals surface area contributed by atoms with E-state index in [1.807, 2.05) is 0 Å². The number of rotatable bonds is 1. The van der Waals surface area contributed by atoms with Gasteiger partial charge in [0.25, 0.3) is 5.91 Å². The molecular formula is C2H3NO2. The van der Waals surface area contributed by atoms with E-state index in [1.54, 1.807) is 0 Å². The Bertz CT molecular complexity index is 42.9. The summed E-state index contributed by atoms with van der Waals surface area (Å²) in [7, 11) is 0. The van der Waals surface area contributed by atoms with Crippen LogP contribution in [0.25, 0.3) is 0 Å². The van der Waals surface area contributed by atoms with Gasteiger partial charge in [-0.2, -0.15) is 0 Å². The van der Waals surface area contributed by atoms with Crippen LogP contribution in [0.15, 0.2) is 0 Å². The minimum absolute atomic E-state index is 0.917. The number of carbonyl (C=O) groups is 1. The van der Waals surface area contributed by atoms with Crippen molar-refractivity contribution in [2.45, 2.75) is 0 Å². The molecule has 0 aromatic heterocycles. The Morgan fingerprint density at radius 1 is 1.80 bits per heavy atom. The van der Waals surface area contributed by atoms with E-state index in [1.165, 1.54) is 0 Å². The van der Waals surface area contributed by atoms with Gasteiger partial charge in [0.1, 0.15) is 0 Å². The molecule has 0 bridgehead atoms. The molecule has 0 aliphatic rings. The predicted molar refractivity (Wildman–Crippen MR) is 13.7 cm³/mol. The van der Waals surface area contributed by atoms with Crippen molar-refractivity contribution in [2.24, 2.45) is 0 Å². The summed E-state index contributed by atoms with van der Waals surface area (Å²) in [5.41, 5.74) is 5.88. The molecule has 28 valence electrons. The fourth-order valence-electron chi connectivity index (χ4n) is 0. The van der Waals surface area contributed by atoms with Gasteiger partial charge >= 0.3 is 0 Å². The molecule has 0 fully saturated rings. The zero-order chi connectivity index (χ0) is 4.28. The Labute approximate surface area is 29.4 Å². The van der Waals surface area contributed by atoms with Gasteiger partial charge in [-0.3, -0.25) is 10.5 Å². The first kappa shape index (κ1) is 4.43. The molecule has 0 rings (SSSR count). The first-order valence-corrected chi connectivity index (χ1v) is 1.10. The summed E-state index contributed by atoms with van der Waals surface area (Å²) in [6.07, 6.45) is 0. The Morgan fingerprint density at radius 3 is 2.00 bits per heavy atom. The lowest BCUT2D eigenvalue weighted by atomic mass is 10.7. The number of amides is 1. The van der Waals surface area contributed by atoms with E-state index in [0.717, 1.165) is 0 Å². The number of carbonyl (C=O) groups excluding carboxylic acids is 1. The van der Waals surface area contributed by atoms with Crippen molar-refractivity contribution in [1.29, 1.82) is 0 Å². The van der Waals surface area contributed by atoms with E-state index in [2.05, 4.69) is 0 Å². The van der Waals surface area contributed by atoms with Crippen LogP contribution in [0.1, 0.15) is 0 Å². The van der Waals surface area contributed by atoms with Crippen molar-refractivity contribution in [3.8, 4) is 0 Å². The molecule has 0 aliphatic heterocycles. The number of nitrogens with one attached hydrogen (secondary N) is 1. The molecular weight excluding hydrogens is 70.0 g/mol. The first-order valence-electron chi connectivity index (χ1n) is 1.10. The number of hydrogen-bond acceptors (Lipinski definition) is 1. The van der Waals surface area contributed by atoms with E-state index >= 15 is 0 Å². The maximum atomic E-state index is 9.17. The maximum absolute atomic E-state index is 9.17. The largest absolute Gasteiger partial charge is 0.270 e. The molecule has 0 unspecified atom stereocenters. The lowest BCUT2D eigenvalue weighted by molar-refractivity contribution is -0.123. The molecule has 0 saturated heterocycles. The highest BCUT2D eigenvalue weighted by molar-refractivity contribution is 5.73. The Hall–Kier alpha value is -0.570. The zero-order valence-corrected chi connectivity index (χ0v) is 2.52. The van der Waals surface area contributed by atoms with Gasteiger partial charge in [-0.05, 0) is 0 Å². The highest BCUT2D eigenvalue weighted by Crippen LogP contribution is 1.48. The van der Waals surface area contributed by atoms with Crippen molar-refractivity contribution in [3.63, 3.8) is 0 Å². The average molecular weight is 73.1 g/mol. The Kier molecular flexibility index (Phi) is 1.53. The molecule has 3 heteroatoms. The summed E-state index contributed by atoms with van der Waals surface area (Å²) in [5, 5.41) is 9.09. The fourth-order valence-corrected chi connectivity index (χ4v) is 0. The summed E-state index contributed by atoms with van der Waals surface area (Å²) in [6, 6.07) is 0. The van der Waals surface area contributed by atoms with E-state index in [9.17, 15) is 0 Å². The second-order valence-corrected chi connectivity index (χ2v) is 0.568. The third-order valence-electron chi connectivity index (χ3n) is 0.131. The third-order valence-corrected chi connectivity index (χ3v) is 0.131. The van der Waals surface area contributed by atoms with Crippen molar-refractivity contribution < 1.29 is 9.90 Å². The van der Waals surface area contributed by atoms with E-state index in [4.69, 9.17) is 15.6 Å². The Balaban J connectivity index is 2.85. The summed E-state index contributed by atoms with van der Waals surface area (Å²) in [5.74, 6) is -1.05. The van der Waals surface area contributed by atoms with Gasteiger partial charge in [0.2, 0.25) is 0 Å². The van der Waals surface area contributed by atoms with Crippen molar-refractivity contribution in [1.82, 2.24) is 5.73 Å². The van der Waals surface area contributed by atoms with Crippen LogP contribution in [0.4, 0.5) is 0 Å². The third kappa shape index (κ3) is 3.43. The molecule has 0 atom stereocenters. The highest BCUT2D eigenvalue weighted by atomic mass is 16.3. The molecule has 0 saturated carbocycles. The summed E-state index contributed by atoms with van der Waals surface area (Å²) >= 11 is 0. The van der Waals surface area contributed by atoms with Crippen molar-refractivity contribution in [3.05, 3.63) is 0 Å². The zero-order valence-electron chi connectivity index (χ0n) is 2.52. The molecule has 2 radical (unpaired) electrons. The van der Waals surface area contributed by atoms with E-state index in [0.29, 0.717) is 0 Å². The van der Waals surface area contributed by atoms with E-state index in [-0.39, 0.29) is 0 Å². The highest BCUT2D eigenvalue weighted by Gasteiger charge is 1.83. The molecule has 0 spiro atoms.